The lowest BCUT2D eigenvalue weighted by atomic mass is 9.98. The Balaban J connectivity index is 0.00000289. The topological polar surface area (TPSA) is 84.2 Å². The lowest BCUT2D eigenvalue weighted by Gasteiger charge is -2.28. The van der Waals surface area contributed by atoms with Gasteiger partial charge in [-0.25, -0.2) is 0 Å². The molecule has 0 aromatic carbocycles. The van der Waals surface area contributed by atoms with Gasteiger partial charge >= 0.3 is 0 Å². The van der Waals surface area contributed by atoms with Gasteiger partial charge in [0.2, 0.25) is 11.8 Å². The standard InChI is InChI=1S/C12H23N3O2.ClH/c1-2-5-10(16)14-8-11(17)15-12(9-13)6-3-4-7-12;/h2-9,13H2,1H3,(H,14,16)(H,15,17);1H. The van der Waals surface area contributed by atoms with Crippen molar-refractivity contribution >= 4 is 24.2 Å². The Morgan fingerprint density at radius 1 is 1.22 bits per heavy atom. The van der Waals surface area contributed by atoms with Crippen LogP contribution < -0.4 is 16.4 Å². The first-order chi connectivity index (χ1) is 8.12. The Kier molecular flexibility index (Phi) is 7.95. The quantitative estimate of drug-likeness (QED) is 0.669. The molecule has 1 fully saturated rings. The molecule has 1 rings (SSSR count). The van der Waals surface area contributed by atoms with Crippen molar-refractivity contribution in [2.45, 2.75) is 51.0 Å². The van der Waals surface area contributed by atoms with Crippen molar-refractivity contribution in [3.8, 4) is 0 Å². The second-order valence-electron chi connectivity index (χ2n) is 4.77. The highest BCUT2D eigenvalue weighted by Gasteiger charge is 2.33. The van der Waals surface area contributed by atoms with Crippen molar-refractivity contribution in [1.29, 1.82) is 0 Å². The summed E-state index contributed by atoms with van der Waals surface area (Å²) in [7, 11) is 0. The maximum absolute atomic E-state index is 11.7. The molecule has 0 aromatic rings. The average Bonchev–Trinajstić information content (AvgIpc) is 2.76. The van der Waals surface area contributed by atoms with Crippen molar-refractivity contribution in [3.05, 3.63) is 0 Å². The summed E-state index contributed by atoms with van der Waals surface area (Å²) in [5, 5.41) is 5.57. The smallest absolute Gasteiger partial charge is 0.239 e. The highest BCUT2D eigenvalue weighted by atomic mass is 35.5. The Morgan fingerprint density at radius 2 is 1.83 bits per heavy atom. The molecule has 0 bridgehead atoms. The van der Waals surface area contributed by atoms with Gasteiger partial charge in [0.1, 0.15) is 0 Å². The molecule has 0 aromatic heterocycles. The second kappa shape index (κ2) is 8.32. The highest BCUT2D eigenvalue weighted by molar-refractivity contribution is 5.85. The van der Waals surface area contributed by atoms with Gasteiger partial charge in [0.05, 0.1) is 12.1 Å². The van der Waals surface area contributed by atoms with Crippen LogP contribution in [0.2, 0.25) is 0 Å². The predicted molar refractivity (Wildman–Crippen MR) is 73.6 cm³/mol. The van der Waals surface area contributed by atoms with Gasteiger partial charge in [-0.2, -0.15) is 0 Å². The number of halogens is 1. The number of carbonyl (C=O) groups excluding carboxylic acids is 2. The van der Waals surface area contributed by atoms with E-state index in [9.17, 15) is 9.59 Å². The summed E-state index contributed by atoms with van der Waals surface area (Å²) in [5.74, 6) is -0.210. The van der Waals surface area contributed by atoms with Crippen molar-refractivity contribution < 1.29 is 9.59 Å². The number of nitrogens with two attached hydrogens (primary N) is 1. The largest absolute Gasteiger partial charge is 0.348 e. The van der Waals surface area contributed by atoms with Gasteiger partial charge < -0.3 is 16.4 Å². The zero-order chi connectivity index (χ0) is 12.7. The van der Waals surface area contributed by atoms with Crippen LogP contribution in [0.15, 0.2) is 0 Å². The Hall–Kier alpha value is -0.810. The molecule has 2 amide bonds. The van der Waals surface area contributed by atoms with Crippen molar-refractivity contribution in [2.75, 3.05) is 13.1 Å². The van der Waals surface area contributed by atoms with E-state index in [1.165, 1.54) is 0 Å². The van der Waals surface area contributed by atoms with E-state index < -0.39 is 0 Å². The van der Waals surface area contributed by atoms with Gasteiger partial charge in [0.25, 0.3) is 0 Å². The monoisotopic (exact) mass is 277 g/mol. The maximum atomic E-state index is 11.7. The molecule has 4 N–H and O–H groups in total. The molecule has 1 aliphatic carbocycles. The molecule has 0 atom stereocenters. The molecule has 18 heavy (non-hydrogen) atoms. The Morgan fingerprint density at radius 3 is 2.33 bits per heavy atom. The third-order valence-corrected chi connectivity index (χ3v) is 3.28. The van der Waals surface area contributed by atoms with Gasteiger partial charge in [-0.3, -0.25) is 9.59 Å². The lowest BCUT2D eigenvalue weighted by molar-refractivity contribution is -0.127. The first-order valence-corrected chi connectivity index (χ1v) is 6.39. The van der Waals surface area contributed by atoms with Gasteiger partial charge in [-0.05, 0) is 19.3 Å². The Labute approximate surface area is 115 Å². The van der Waals surface area contributed by atoms with Crippen LogP contribution in [-0.4, -0.2) is 30.4 Å². The summed E-state index contributed by atoms with van der Waals surface area (Å²) in [6.45, 7) is 2.46. The summed E-state index contributed by atoms with van der Waals surface area (Å²) < 4.78 is 0. The van der Waals surface area contributed by atoms with Crippen LogP contribution >= 0.6 is 12.4 Å². The number of carbonyl (C=O) groups is 2. The summed E-state index contributed by atoms with van der Waals surface area (Å²) in [6.07, 6.45) is 5.37. The predicted octanol–water partition coefficient (Wildman–Crippen LogP) is 0.712. The SMILES string of the molecule is CCCC(=O)NCC(=O)NC1(CN)CCCC1.Cl. The van der Waals surface area contributed by atoms with E-state index in [-0.39, 0.29) is 36.3 Å². The first-order valence-electron chi connectivity index (χ1n) is 6.39. The first kappa shape index (κ1) is 17.2. The molecular weight excluding hydrogens is 254 g/mol. The Bertz CT molecular complexity index is 278. The maximum Gasteiger partial charge on any atom is 0.239 e. The normalized spacial score (nSPS) is 16.8. The number of amides is 2. The van der Waals surface area contributed by atoms with E-state index in [0.29, 0.717) is 13.0 Å². The second-order valence-corrected chi connectivity index (χ2v) is 4.77. The summed E-state index contributed by atoms with van der Waals surface area (Å²) in [4.78, 5) is 22.9. The van der Waals surface area contributed by atoms with Crippen molar-refractivity contribution in [3.63, 3.8) is 0 Å². The fraction of sp³-hybridized carbons (Fsp3) is 0.833. The molecule has 0 spiro atoms. The van der Waals surface area contributed by atoms with Gasteiger partial charge in [-0.1, -0.05) is 19.8 Å². The van der Waals surface area contributed by atoms with E-state index in [4.69, 9.17) is 5.73 Å². The van der Waals surface area contributed by atoms with Crippen LogP contribution in [0.4, 0.5) is 0 Å². The van der Waals surface area contributed by atoms with E-state index in [0.717, 1.165) is 32.1 Å². The molecular formula is C12H24ClN3O2. The summed E-state index contributed by atoms with van der Waals surface area (Å²) in [5.41, 5.74) is 5.49. The van der Waals surface area contributed by atoms with Crippen LogP contribution in [-0.2, 0) is 9.59 Å². The van der Waals surface area contributed by atoms with E-state index in [1.54, 1.807) is 0 Å². The van der Waals surface area contributed by atoms with Crippen molar-refractivity contribution in [1.82, 2.24) is 10.6 Å². The number of hydrogen-bond donors (Lipinski definition) is 3. The highest BCUT2D eigenvalue weighted by Crippen LogP contribution is 2.28. The minimum absolute atomic E-state index is 0. The third-order valence-electron chi connectivity index (χ3n) is 3.28. The van der Waals surface area contributed by atoms with E-state index >= 15 is 0 Å². The van der Waals surface area contributed by atoms with Crippen LogP contribution in [0, 0.1) is 0 Å². The molecule has 106 valence electrons. The minimum Gasteiger partial charge on any atom is -0.348 e. The fourth-order valence-corrected chi connectivity index (χ4v) is 2.27. The van der Waals surface area contributed by atoms with Crippen LogP contribution in [0.1, 0.15) is 45.4 Å². The molecule has 0 unspecified atom stereocenters. The van der Waals surface area contributed by atoms with Gasteiger partial charge in [0.15, 0.2) is 0 Å². The molecule has 1 saturated carbocycles. The van der Waals surface area contributed by atoms with Gasteiger partial charge in [-0.15, -0.1) is 12.4 Å². The van der Waals surface area contributed by atoms with Gasteiger partial charge in [0, 0.05) is 13.0 Å². The van der Waals surface area contributed by atoms with Crippen LogP contribution in [0.3, 0.4) is 0 Å². The number of rotatable bonds is 6. The van der Waals surface area contributed by atoms with Crippen LogP contribution in [0.25, 0.3) is 0 Å². The molecule has 0 saturated heterocycles. The van der Waals surface area contributed by atoms with Crippen molar-refractivity contribution in [2.24, 2.45) is 5.73 Å². The minimum atomic E-state index is -0.230. The molecule has 6 heteroatoms. The average molecular weight is 278 g/mol. The van der Waals surface area contributed by atoms with E-state index in [1.807, 2.05) is 6.92 Å². The molecule has 0 aliphatic heterocycles. The number of hydrogen-bond acceptors (Lipinski definition) is 3. The number of nitrogens with one attached hydrogen (secondary N) is 2. The summed E-state index contributed by atoms with van der Waals surface area (Å²) in [6, 6.07) is 0. The third kappa shape index (κ3) is 5.23. The molecule has 0 radical (unpaired) electrons. The van der Waals surface area contributed by atoms with E-state index in [2.05, 4.69) is 10.6 Å². The molecule has 5 nitrogen and oxygen atoms in total. The molecule has 1 aliphatic rings. The molecule has 0 heterocycles. The fourth-order valence-electron chi connectivity index (χ4n) is 2.27. The van der Waals surface area contributed by atoms with Crippen LogP contribution in [0.5, 0.6) is 0 Å². The zero-order valence-electron chi connectivity index (χ0n) is 11.0. The summed E-state index contributed by atoms with van der Waals surface area (Å²) >= 11 is 0. The lowest BCUT2D eigenvalue weighted by Crippen LogP contribution is -2.54. The zero-order valence-corrected chi connectivity index (χ0v) is 11.8.